The molecule has 106 valence electrons. The minimum Gasteiger partial charge on any atom is -0.375 e. The molecule has 7 heteroatoms. The molecular formula is C12H22N6O. The first-order valence-electron chi connectivity index (χ1n) is 6.64. The van der Waals surface area contributed by atoms with E-state index in [0.717, 1.165) is 19.6 Å². The minimum atomic E-state index is 0.205. The number of nitrogens with zero attached hydrogens (tertiary/aromatic N) is 5. The Morgan fingerprint density at radius 3 is 2.79 bits per heavy atom. The molecule has 1 aliphatic rings. The predicted octanol–water partition coefficient (Wildman–Crippen LogP) is 0.595. The standard InChI is InChI=1S/C12H22N6O/c1-5-13-10-14-11(17(3)4)16-12(15-10)18-6-7-19-9(2)8-18/h9H,5-8H2,1-4H3,(H,13,14,15,16). The van der Waals surface area contributed by atoms with E-state index in [1.54, 1.807) is 0 Å². The number of hydrogen-bond acceptors (Lipinski definition) is 7. The van der Waals surface area contributed by atoms with Crippen molar-refractivity contribution in [3.8, 4) is 0 Å². The van der Waals surface area contributed by atoms with Crippen LogP contribution in [-0.4, -0.2) is 61.4 Å². The summed E-state index contributed by atoms with van der Waals surface area (Å²) in [6.07, 6.45) is 0.205. The van der Waals surface area contributed by atoms with Crippen molar-refractivity contribution in [3.05, 3.63) is 0 Å². The number of anilines is 3. The minimum absolute atomic E-state index is 0.205. The normalized spacial score (nSPS) is 19.4. The van der Waals surface area contributed by atoms with Gasteiger partial charge in [-0.3, -0.25) is 0 Å². The second-order valence-corrected chi connectivity index (χ2v) is 4.81. The van der Waals surface area contributed by atoms with Gasteiger partial charge in [0.25, 0.3) is 0 Å². The Hall–Kier alpha value is -1.63. The maximum Gasteiger partial charge on any atom is 0.232 e. The number of aromatic nitrogens is 3. The molecule has 0 spiro atoms. The third-order valence-corrected chi connectivity index (χ3v) is 2.87. The third-order valence-electron chi connectivity index (χ3n) is 2.87. The zero-order chi connectivity index (χ0) is 13.8. The summed E-state index contributed by atoms with van der Waals surface area (Å²) in [5.74, 6) is 2.00. The van der Waals surface area contributed by atoms with Crippen molar-refractivity contribution in [1.29, 1.82) is 0 Å². The smallest absolute Gasteiger partial charge is 0.232 e. The molecule has 0 bridgehead atoms. The molecule has 1 fully saturated rings. The maximum absolute atomic E-state index is 5.55. The molecule has 2 rings (SSSR count). The average molecular weight is 266 g/mol. The van der Waals surface area contributed by atoms with Gasteiger partial charge in [0.2, 0.25) is 17.8 Å². The van der Waals surface area contributed by atoms with Crippen molar-refractivity contribution in [3.63, 3.8) is 0 Å². The van der Waals surface area contributed by atoms with E-state index in [1.165, 1.54) is 0 Å². The summed E-state index contributed by atoms with van der Waals surface area (Å²) in [5.41, 5.74) is 0. The Labute approximate surface area is 114 Å². The van der Waals surface area contributed by atoms with Crippen molar-refractivity contribution < 1.29 is 4.74 Å². The molecule has 1 aromatic heterocycles. The summed E-state index contributed by atoms with van der Waals surface area (Å²) < 4.78 is 5.55. The van der Waals surface area contributed by atoms with Gasteiger partial charge in [0, 0.05) is 33.7 Å². The highest BCUT2D eigenvalue weighted by Gasteiger charge is 2.20. The van der Waals surface area contributed by atoms with Crippen LogP contribution in [0.15, 0.2) is 0 Å². The summed E-state index contributed by atoms with van der Waals surface area (Å²) in [4.78, 5) is 17.4. The highest BCUT2D eigenvalue weighted by Crippen LogP contribution is 2.17. The number of morpholine rings is 1. The molecule has 0 saturated carbocycles. The molecule has 0 radical (unpaired) electrons. The van der Waals surface area contributed by atoms with Crippen molar-refractivity contribution in [2.45, 2.75) is 20.0 Å². The van der Waals surface area contributed by atoms with E-state index in [9.17, 15) is 0 Å². The van der Waals surface area contributed by atoms with Crippen LogP contribution in [-0.2, 0) is 4.74 Å². The lowest BCUT2D eigenvalue weighted by Gasteiger charge is -2.31. The summed E-state index contributed by atoms with van der Waals surface area (Å²) in [6, 6.07) is 0. The fourth-order valence-electron chi connectivity index (χ4n) is 1.93. The Kier molecular flexibility index (Phi) is 4.36. The lowest BCUT2D eigenvalue weighted by Crippen LogP contribution is -2.42. The molecular weight excluding hydrogens is 244 g/mol. The van der Waals surface area contributed by atoms with E-state index in [-0.39, 0.29) is 6.10 Å². The molecule has 0 aliphatic carbocycles. The summed E-state index contributed by atoms with van der Waals surface area (Å²) in [7, 11) is 3.85. The van der Waals surface area contributed by atoms with Gasteiger partial charge in [-0.1, -0.05) is 0 Å². The summed E-state index contributed by atoms with van der Waals surface area (Å²) in [5, 5.41) is 3.15. The lowest BCUT2D eigenvalue weighted by molar-refractivity contribution is 0.0526. The predicted molar refractivity (Wildman–Crippen MR) is 75.9 cm³/mol. The van der Waals surface area contributed by atoms with Crippen LogP contribution in [0.3, 0.4) is 0 Å². The van der Waals surface area contributed by atoms with Gasteiger partial charge in [-0.05, 0) is 13.8 Å². The number of hydrogen-bond donors (Lipinski definition) is 1. The quantitative estimate of drug-likeness (QED) is 0.855. The molecule has 1 aliphatic heterocycles. The zero-order valence-corrected chi connectivity index (χ0v) is 12.1. The van der Waals surface area contributed by atoms with Crippen LogP contribution in [0.25, 0.3) is 0 Å². The SMILES string of the molecule is CCNc1nc(N(C)C)nc(N2CCOC(C)C2)n1. The van der Waals surface area contributed by atoms with Crippen LogP contribution in [0.4, 0.5) is 17.8 Å². The first-order chi connectivity index (χ1) is 9.10. The second kappa shape index (κ2) is 6.01. The molecule has 19 heavy (non-hydrogen) atoms. The Balaban J connectivity index is 2.27. The van der Waals surface area contributed by atoms with Crippen LogP contribution in [0, 0.1) is 0 Å². The van der Waals surface area contributed by atoms with Gasteiger partial charge in [0.15, 0.2) is 0 Å². The van der Waals surface area contributed by atoms with Crippen LogP contribution in [0.2, 0.25) is 0 Å². The van der Waals surface area contributed by atoms with Crippen molar-refractivity contribution in [2.75, 3.05) is 55.5 Å². The van der Waals surface area contributed by atoms with Gasteiger partial charge in [0.1, 0.15) is 0 Å². The van der Waals surface area contributed by atoms with Gasteiger partial charge in [-0.15, -0.1) is 0 Å². The Bertz CT molecular complexity index is 425. The topological polar surface area (TPSA) is 66.4 Å². The largest absolute Gasteiger partial charge is 0.375 e. The van der Waals surface area contributed by atoms with Crippen molar-refractivity contribution >= 4 is 17.8 Å². The Morgan fingerprint density at radius 2 is 2.16 bits per heavy atom. The van der Waals surface area contributed by atoms with E-state index in [1.807, 2.05) is 25.9 Å². The average Bonchev–Trinajstić information content (AvgIpc) is 2.38. The molecule has 2 heterocycles. The van der Waals surface area contributed by atoms with Gasteiger partial charge >= 0.3 is 0 Å². The molecule has 1 atom stereocenters. The molecule has 1 aromatic rings. The first kappa shape index (κ1) is 13.8. The molecule has 0 amide bonds. The highest BCUT2D eigenvalue weighted by atomic mass is 16.5. The molecule has 0 aromatic carbocycles. The molecule has 1 N–H and O–H groups in total. The summed E-state index contributed by atoms with van der Waals surface area (Å²) >= 11 is 0. The maximum atomic E-state index is 5.55. The van der Waals surface area contributed by atoms with E-state index in [2.05, 4.69) is 32.1 Å². The van der Waals surface area contributed by atoms with Gasteiger partial charge < -0.3 is 19.9 Å². The van der Waals surface area contributed by atoms with Gasteiger partial charge in [-0.2, -0.15) is 15.0 Å². The number of nitrogens with one attached hydrogen (secondary N) is 1. The first-order valence-corrected chi connectivity index (χ1v) is 6.64. The second-order valence-electron chi connectivity index (χ2n) is 4.81. The zero-order valence-electron chi connectivity index (χ0n) is 12.1. The summed E-state index contributed by atoms with van der Waals surface area (Å²) in [6.45, 7) is 7.20. The van der Waals surface area contributed by atoms with Crippen molar-refractivity contribution in [1.82, 2.24) is 15.0 Å². The van der Waals surface area contributed by atoms with Crippen LogP contribution in [0.5, 0.6) is 0 Å². The molecule has 7 nitrogen and oxygen atoms in total. The third kappa shape index (κ3) is 3.44. The van der Waals surface area contributed by atoms with Gasteiger partial charge in [0.05, 0.1) is 12.7 Å². The van der Waals surface area contributed by atoms with E-state index in [4.69, 9.17) is 4.74 Å². The lowest BCUT2D eigenvalue weighted by atomic mass is 10.3. The number of rotatable bonds is 4. The van der Waals surface area contributed by atoms with Gasteiger partial charge in [-0.25, -0.2) is 0 Å². The van der Waals surface area contributed by atoms with Crippen LogP contribution < -0.4 is 15.1 Å². The van der Waals surface area contributed by atoms with Crippen molar-refractivity contribution in [2.24, 2.45) is 0 Å². The monoisotopic (exact) mass is 266 g/mol. The molecule has 1 saturated heterocycles. The highest BCUT2D eigenvalue weighted by molar-refractivity contribution is 5.44. The Morgan fingerprint density at radius 1 is 1.37 bits per heavy atom. The van der Waals surface area contributed by atoms with Crippen LogP contribution >= 0.6 is 0 Å². The molecule has 1 unspecified atom stereocenters. The fourth-order valence-corrected chi connectivity index (χ4v) is 1.93. The number of ether oxygens (including phenoxy) is 1. The fraction of sp³-hybridized carbons (Fsp3) is 0.750. The van der Waals surface area contributed by atoms with E-state index in [0.29, 0.717) is 24.5 Å². The van der Waals surface area contributed by atoms with Crippen LogP contribution in [0.1, 0.15) is 13.8 Å². The van der Waals surface area contributed by atoms with E-state index < -0.39 is 0 Å². The van der Waals surface area contributed by atoms with E-state index >= 15 is 0 Å².